The zero-order valence-corrected chi connectivity index (χ0v) is 18.2. The van der Waals surface area contributed by atoms with E-state index < -0.39 is 17.4 Å². The minimum absolute atomic E-state index is 0.0193. The lowest BCUT2D eigenvalue weighted by Crippen LogP contribution is -2.42. The van der Waals surface area contributed by atoms with Crippen LogP contribution in [0.5, 0.6) is 5.75 Å². The largest absolute Gasteiger partial charge is 0.497 e. The van der Waals surface area contributed by atoms with Gasteiger partial charge in [0.15, 0.2) is 5.41 Å². The fourth-order valence-electron chi connectivity index (χ4n) is 3.22. The van der Waals surface area contributed by atoms with Gasteiger partial charge in [-0.2, -0.15) is 0 Å². The fraction of sp³-hybridized carbons (Fsp3) is 0.364. The Bertz CT molecular complexity index is 850. The molecule has 0 unspecified atom stereocenters. The van der Waals surface area contributed by atoms with Crippen molar-refractivity contribution < 1.29 is 24.5 Å². The van der Waals surface area contributed by atoms with Gasteiger partial charge in [0, 0.05) is 22.1 Å². The second-order valence-electron chi connectivity index (χ2n) is 7.32. The van der Waals surface area contributed by atoms with Crippen molar-refractivity contribution >= 4 is 35.3 Å². The minimum Gasteiger partial charge on any atom is -0.497 e. The summed E-state index contributed by atoms with van der Waals surface area (Å²) in [6.07, 6.45) is -0.147. The van der Waals surface area contributed by atoms with E-state index in [1.54, 1.807) is 19.2 Å². The maximum Gasteiger partial charge on any atom is 0.321 e. The molecule has 0 saturated heterocycles. The average Bonchev–Trinajstić information content (AvgIpc) is 2.67. The third-order valence-corrected chi connectivity index (χ3v) is 6.21. The van der Waals surface area contributed by atoms with Crippen molar-refractivity contribution in [3.05, 3.63) is 58.6 Å². The summed E-state index contributed by atoms with van der Waals surface area (Å²) >= 11 is 7.89. The van der Waals surface area contributed by atoms with E-state index in [9.17, 15) is 19.8 Å². The first-order chi connectivity index (χ1) is 13.7. The van der Waals surface area contributed by atoms with Gasteiger partial charge in [-0.15, -0.1) is 11.8 Å². The van der Waals surface area contributed by atoms with Gasteiger partial charge in [-0.25, -0.2) is 0 Å². The van der Waals surface area contributed by atoms with Crippen LogP contribution in [-0.2, 0) is 21.8 Å². The monoisotopic (exact) mass is 436 g/mol. The van der Waals surface area contributed by atoms with Crippen LogP contribution in [0.1, 0.15) is 31.4 Å². The van der Waals surface area contributed by atoms with Crippen molar-refractivity contribution in [2.45, 2.75) is 37.3 Å². The maximum atomic E-state index is 12.0. The summed E-state index contributed by atoms with van der Waals surface area (Å²) in [6.45, 7) is 3.62. The smallest absolute Gasteiger partial charge is 0.321 e. The Morgan fingerprint density at radius 3 is 2.24 bits per heavy atom. The molecule has 0 aliphatic carbocycles. The Balaban J connectivity index is 2.34. The van der Waals surface area contributed by atoms with E-state index in [4.69, 9.17) is 16.3 Å². The molecule has 0 bridgehead atoms. The Morgan fingerprint density at radius 1 is 1.10 bits per heavy atom. The summed E-state index contributed by atoms with van der Waals surface area (Å²) < 4.78 is 5.16. The Kier molecular flexibility index (Phi) is 7.99. The highest BCUT2D eigenvalue weighted by Crippen LogP contribution is 2.39. The number of hydrogen-bond acceptors (Lipinski definition) is 4. The van der Waals surface area contributed by atoms with Crippen LogP contribution in [0, 0.1) is 11.3 Å². The summed E-state index contributed by atoms with van der Waals surface area (Å²) in [5, 5.41) is 20.0. The molecule has 0 amide bonds. The number of hydrogen-bond donors (Lipinski definition) is 2. The van der Waals surface area contributed by atoms with Crippen LogP contribution in [0.25, 0.3) is 0 Å². The van der Waals surface area contributed by atoms with E-state index in [0.717, 1.165) is 16.2 Å². The maximum absolute atomic E-state index is 12.0. The SMILES string of the molecule is COc1ccc(CSc2cccc(Cl)c2CC(CC(C)C)(C(=O)O)C(=O)O)cc1. The number of benzene rings is 2. The third-order valence-electron chi connectivity index (χ3n) is 4.68. The molecule has 0 atom stereocenters. The van der Waals surface area contributed by atoms with E-state index in [0.29, 0.717) is 16.3 Å². The zero-order chi connectivity index (χ0) is 21.6. The van der Waals surface area contributed by atoms with E-state index in [1.807, 2.05) is 44.2 Å². The molecule has 156 valence electrons. The van der Waals surface area contributed by atoms with Gasteiger partial charge in [0.05, 0.1) is 7.11 Å². The molecule has 0 spiro atoms. The first-order valence-corrected chi connectivity index (χ1v) is 10.6. The number of rotatable bonds is 10. The van der Waals surface area contributed by atoms with Crippen LogP contribution in [0.15, 0.2) is 47.4 Å². The van der Waals surface area contributed by atoms with E-state index in [-0.39, 0.29) is 18.8 Å². The quantitative estimate of drug-likeness (QED) is 0.384. The number of thioether (sulfide) groups is 1. The van der Waals surface area contributed by atoms with Gasteiger partial charge in [-0.3, -0.25) is 9.59 Å². The summed E-state index contributed by atoms with van der Waals surface area (Å²) in [5.74, 6) is -1.38. The van der Waals surface area contributed by atoms with Gasteiger partial charge < -0.3 is 14.9 Å². The van der Waals surface area contributed by atoms with Gasteiger partial charge in [-0.1, -0.05) is 43.6 Å². The van der Waals surface area contributed by atoms with Crippen molar-refractivity contribution in [3.8, 4) is 5.75 Å². The second kappa shape index (κ2) is 10.0. The molecule has 0 aliphatic heterocycles. The summed E-state index contributed by atoms with van der Waals surface area (Å²) in [6, 6.07) is 12.9. The molecule has 2 rings (SSSR count). The lowest BCUT2D eigenvalue weighted by molar-refractivity contribution is -0.166. The predicted molar refractivity (Wildman–Crippen MR) is 115 cm³/mol. The summed E-state index contributed by atoms with van der Waals surface area (Å²) in [7, 11) is 1.61. The van der Waals surface area contributed by atoms with Crippen molar-refractivity contribution in [1.82, 2.24) is 0 Å². The molecule has 0 fully saturated rings. The standard InChI is InChI=1S/C22H25ClO5S/c1-14(2)11-22(20(24)25,21(26)27)12-17-18(23)5-4-6-19(17)29-13-15-7-9-16(28-3)10-8-15/h4-10,14H,11-13H2,1-3H3,(H,24,25)(H,26,27). The van der Waals surface area contributed by atoms with Crippen LogP contribution >= 0.6 is 23.4 Å². The molecule has 0 heterocycles. The van der Waals surface area contributed by atoms with E-state index in [2.05, 4.69) is 0 Å². The molecule has 0 radical (unpaired) electrons. The summed E-state index contributed by atoms with van der Waals surface area (Å²) in [5.41, 5.74) is -0.307. The average molecular weight is 437 g/mol. The van der Waals surface area contributed by atoms with Crippen LogP contribution in [0.4, 0.5) is 0 Å². The highest BCUT2D eigenvalue weighted by Gasteiger charge is 2.47. The molecule has 5 nitrogen and oxygen atoms in total. The zero-order valence-electron chi connectivity index (χ0n) is 16.6. The number of ether oxygens (including phenoxy) is 1. The molecule has 0 saturated carbocycles. The number of methoxy groups -OCH3 is 1. The predicted octanol–water partition coefficient (Wildman–Crippen LogP) is 5.39. The molecule has 2 N–H and O–H groups in total. The normalized spacial score (nSPS) is 11.5. The second-order valence-corrected chi connectivity index (χ2v) is 8.74. The highest BCUT2D eigenvalue weighted by atomic mass is 35.5. The topological polar surface area (TPSA) is 83.8 Å². The van der Waals surface area contributed by atoms with Gasteiger partial charge in [0.2, 0.25) is 0 Å². The molecular weight excluding hydrogens is 412 g/mol. The highest BCUT2D eigenvalue weighted by molar-refractivity contribution is 7.98. The molecule has 2 aromatic rings. The lowest BCUT2D eigenvalue weighted by atomic mass is 9.75. The van der Waals surface area contributed by atoms with Crippen molar-refractivity contribution in [3.63, 3.8) is 0 Å². The third kappa shape index (κ3) is 5.67. The molecule has 0 aliphatic rings. The van der Waals surface area contributed by atoms with Crippen molar-refractivity contribution in [2.24, 2.45) is 11.3 Å². The minimum atomic E-state index is -1.92. The number of halogens is 1. The molecule has 2 aromatic carbocycles. The number of carboxylic acid groups (broad SMARTS) is 2. The molecular formula is C22H25ClO5S. The fourth-order valence-corrected chi connectivity index (χ4v) is 4.56. The van der Waals surface area contributed by atoms with Crippen LogP contribution < -0.4 is 4.74 Å². The number of carboxylic acids is 2. The van der Waals surface area contributed by atoms with Gasteiger partial charge >= 0.3 is 11.9 Å². The van der Waals surface area contributed by atoms with Crippen molar-refractivity contribution in [2.75, 3.05) is 7.11 Å². The van der Waals surface area contributed by atoms with Gasteiger partial charge in [-0.05, 0) is 47.7 Å². The Morgan fingerprint density at radius 2 is 1.72 bits per heavy atom. The number of aliphatic carboxylic acids is 2. The number of carbonyl (C=O) groups is 2. The summed E-state index contributed by atoms with van der Waals surface area (Å²) in [4.78, 5) is 24.8. The lowest BCUT2D eigenvalue weighted by Gasteiger charge is -2.28. The van der Waals surface area contributed by atoms with Crippen molar-refractivity contribution in [1.29, 1.82) is 0 Å². The van der Waals surface area contributed by atoms with Crippen LogP contribution in [0.3, 0.4) is 0 Å². The molecule has 7 heteroatoms. The Hall–Kier alpha value is -2.18. The van der Waals surface area contributed by atoms with Crippen LogP contribution in [0.2, 0.25) is 5.02 Å². The van der Waals surface area contributed by atoms with Gasteiger partial charge in [0.1, 0.15) is 5.75 Å². The van der Waals surface area contributed by atoms with Gasteiger partial charge in [0.25, 0.3) is 0 Å². The molecule has 0 aromatic heterocycles. The Labute approximate surface area is 180 Å². The van der Waals surface area contributed by atoms with E-state index >= 15 is 0 Å². The van der Waals surface area contributed by atoms with Crippen LogP contribution in [-0.4, -0.2) is 29.3 Å². The first-order valence-electron chi connectivity index (χ1n) is 9.19. The first kappa shape index (κ1) is 23.1. The molecule has 29 heavy (non-hydrogen) atoms. The van der Waals surface area contributed by atoms with E-state index in [1.165, 1.54) is 11.8 Å².